The first-order chi connectivity index (χ1) is 14.7. The van der Waals surface area contributed by atoms with Gasteiger partial charge < -0.3 is 4.74 Å². The van der Waals surface area contributed by atoms with Crippen LogP contribution in [0.15, 0.2) is 54.9 Å². The molecule has 2 aromatic carbocycles. The maximum absolute atomic E-state index is 6.21. The third-order valence-electron chi connectivity index (χ3n) is 6.52. The summed E-state index contributed by atoms with van der Waals surface area (Å²) in [4.78, 5) is 9.76. The lowest BCUT2D eigenvalue weighted by Crippen LogP contribution is -2.31. The second-order valence-corrected chi connectivity index (χ2v) is 8.71. The van der Waals surface area contributed by atoms with Gasteiger partial charge in [0.15, 0.2) is 11.5 Å². The van der Waals surface area contributed by atoms with Crippen LogP contribution in [-0.2, 0) is 18.4 Å². The van der Waals surface area contributed by atoms with Gasteiger partial charge in [-0.05, 0) is 37.0 Å². The smallest absolute Gasteiger partial charge is 0.189 e. The number of para-hydroxylation sites is 1. The molecular formula is C24H21ClN4O. The van der Waals surface area contributed by atoms with E-state index in [4.69, 9.17) is 26.3 Å². The molecule has 0 N–H and O–H groups in total. The molecule has 2 heterocycles. The zero-order valence-corrected chi connectivity index (χ0v) is 17.3. The monoisotopic (exact) mass is 416 g/mol. The van der Waals surface area contributed by atoms with E-state index in [0.717, 1.165) is 17.8 Å². The molecule has 5 nitrogen and oxygen atoms in total. The van der Waals surface area contributed by atoms with Gasteiger partial charge in [0.2, 0.25) is 0 Å². The highest BCUT2D eigenvalue weighted by Gasteiger charge is 2.43. The Morgan fingerprint density at radius 1 is 1.03 bits per heavy atom. The van der Waals surface area contributed by atoms with Crippen LogP contribution < -0.4 is 4.74 Å². The van der Waals surface area contributed by atoms with Crippen LogP contribution in [0.1, 0.15) is 42.6 Å². The number of fused-ring (bicyclic) bond motifs is 6. The van der Waals surface area contributed by atoms with Gasteiger partial charge in [-0.2, -0.15) is 0 Å². The highest BCUT2D eigenvalue weighted by atomic mass is 35.5. The van der Waals surface area contributed by atoms with Crippen molar-refractivity contribution >= 4 is 17.2 Å². The molecule has 6 heteroatoms. The first kappa shape index (κ1) is 17.9. The Hall–Kier alpha value is -2.92. The second-order valence-electron chi connectivity index (χ2n) is 8.30. The summed E-state index contributed by atoms with van der Waals surface area (Å²) in [5.74, 6) is 1.27. The maximum Gasteiger partial charge on any atom is 0.189 e. The summed E-state index contributed by atoms with van der Waals surface area (Å²) in [6.07, 6.45) is 7.68. The van der Waals surface area contributed by atoms with Crippen molar-refractivity contribution in [3.05, 3.63) is 76.8 Å². The molecule has 150 valence electrons. The standard InChI is InChI=1S/C24H21ClN4O/c25-18-9-3-4-10-19(18)30-14-20-27-23-21-22(26-15-29(23)28-20)17-8-2-1-7-16(17)13-24(21)11-5-6-12-24/h1-4,7-10,15H,5-6,11-14H2. The van der Waals surface area contributed by atoms with Crippen molar-refractivity contribution in [2.75, 3.05) is 0 Å². The molecule has 0 radical (unpaired) electrons. The Balaban J connectivity index is 1.46. The molecule has 0 unspecified atom stereocenters. The normalized spacial score (nSPS) is 16.6. The molecule has 30 heavy (non-hydrogen) atoms. The largest absolute Gasteiger partial charge is 0.484 e. The molecule has 1 spiro atoms. The molecule has 6 rings (SSSR count). The number of nitrogens with zero attached hydrogens (tertiary/aromatic N) is 4. The number of aromatic nitrogens is 4. The Labute approximate surface area is 179 Å². The van der Waals surface area contributed by atoms with Crippen LogP contribution in [0.5, 0.6) is 5.75 Å². The van der Waals surface area contributed by atoms with E-state index in [1.165, 1.54) is 42.4 Å². The average Bonchev–Trinajstić information content (AvgIpc) is 3.40. The Bertz CT molecular complexity index is 1260. The van der Waals surface area contributed by atoms with Crippen molar-refractivity contribution in [2.24, 2.45) is 0 Å². The van der Waals surface area contributed by atoms with Crippen molar-refractivity contribution in [3.63, 3.8) is 0 Å². The molecular weight excluding hydrogens is 396 g/mol. The fraction of sp³-hybridized carbons (Fsp3) is 0.292. The highest BCUT2D eigenvalue weighted by Crippen LogP contribution is 2.51. The van der Waals surface area contributed by atoms with Crippen LogP contribution in [0.4, 0.5) is 0 Å². The quantitative estimate of drug-likeness (QED) is 0.449. The lowest BCUT2D eigenvalue weighted by molar-refractivity contribution is 0.296. The zero-order chi connectivity index (χ0) is 20.1. The second kappa shape index (κ2) is 6.81. The van der Waals surface area contributed by atoms with Crippen molar-refractivity contribution in [1.82, 2.24) is 19.6 Å². The first-order valence-corrected chi connectivity index (χ1v) is 10.8. The van der Waals surface area contributed by atoms with Crippen molar-refractivity contribution in [1.29, 1.82) is 0 Å². The van der Waals surface area contributed by atoms with E-state index in [1.807, 2.05) is 28.8 Å². The van der Waals surface area contributed by atoms with Gasteiger partial charge in [0.25, 0.3) is 0 Å². The number of hydrogen-bond donors (Lipinski definition) is 0. The summed E-state index contributed by atoms with van der Waals surface area (Å²) in [6.45, 7) is 0.268. The summed E-state index contributed by atoms with van der Waals surface area (Å²) >= 11 is 6.21. The van der Waals surface area contributed by atoms with Crippen LogP contribution >= 0.6 is 11.6 Å². The van der Waals surface area contributed by atoms with E-state index in [2.05, 4.69) is 29.4 Å². The number of hydrogen-bond acceptors (Lipinski definition) is 4. The molecule has 0 saturated heterocycles. The van der Waals surface area contributed by atoms with Gasteiger partial charge >= 0.3 is 0 Å². The summed E-state index contributed by atoms with van der Waals surface area (Å²) in [7, 11) is 0. The van der Waals surface area contributed by atoms with E-state index in [-0.39, 0.29) is 12.0 Å². The molecule has 0 aliphatic heterocycles. The zero-order valence-electron chi connectivity index (χ0n) is 16.5. The molecule has 1 fully saturated rings. The summed E-state index contributed by atoms with van der Waals surface area (Å²) < 4.78 is 7.70. The first-order valence-electron chi connectivity index (χ1n) is 10.4. The van der Waals surface area contributed by atoms with Gasteiger partial charge in [-0.3, -0.25) is 0 Å². The SMILES string of the molecule is Clc1ccccc1OCc1nc2c3c(ncn2n1)-c1ccccc1CC31CCCC1. The minimum Gasteiger partial charge on any atom is -0.484 e. The molecule has 1 saturated carbocycles. The fourth-order valence-electron chi connectivity index (χ4n) is 5.20. The lowest BCUT2D eigenvalue weighted by atomic mass is 9.68. The summed E-state index contributed by atoms with van der Waals surface area (Å²) in [5.41, 5.74) is 5.96. The van der Waals surface area contributed by atoms with Crippen molar-refractivity contribution in [2.45, 2.75) is 44.1 Å². The van der Waals surface area contributed by atoms with E-state index in [9.17, 15) is 0 Å². The van der Waals surface area contributed by atoms with E-state index in [1.54, 1.807) is 6.33 Å². The Morgan fingerprint density at radius 2 is 1.83 bits per heavy atom. The maximum atomic E-state index is 6.21. The molecule has 0 amide bonds. The van der Waals surface area contributed by atoms with Gasteiger partial charge in [-0.15, -0.1) is 5.10 Å². The van der Waals surface area contributed by atoms with Gasteiger partial charge in [0.05, 0.1) is 10.7 Å². The Kier molecular flexibility index (Phi) is 4.06. The minimum atomic E-state index is 0.104. The molecule has 2 aliphatic rings. The molecule has 0 atom stereocenters. The van der Waals surface area contributed by atoms with Gasteiger partial charge in [-0.1, -0.05) is 60.8 Å². The van der Waals surface area contributed by atoms with Gasteiger partial charge in [-0.25, -0.2) is 14.5 Å². The predicted molar refractivity (Wildman–Crippen MR) is 116 cm³/mol. The Morgan fingerprint density at radius 3 is 2.70 bits per heavy atom. The van der Waals surface area contributed by atoms with Crippen LogP contribution in [-0.4, -0.2) is 19.6 Å². The average molecular weight is 417 g/mol. The third kappa shape index (κ3) is 2.72. The summed E-state index contributed by atoms with van der Waals surface area (Å²) in [5, 5.41) is 5.24. The van der Waals surface area contributed by atoms with Crippen LogP contribution in [0.25, 0.3) is 16.9 Å². The minimum absolute atomic E-state index is 0.104. The molecule has 2 aromatic heterocycles. The van der Waals surface area contributed by atoms with E-state index < -0.39 is 0 Å². The van der Waals surface area contributed by atoms with Crippen LogP contribution in [0, 0.1) is 0 Å². The van der Waals surface area contributed by atoms with E-state index >= 15 is 0 Å². The lowest BCUT2D eigenvalue weighted by Gasteiger charge is -2.36. The summed E-state index contributed by atoms with van der Waals surface area (Å²) in [6, 6.07) is 16.1. The van der Waals surface area contributed by atoms with Crippen LogP contribution in [0.2, 0.25) is 5.02 Å². The topological polar surface area (TPSA) is 52.3 Å². The van der Waals surface area contributed by atoms with E-state index in [0.29, 0.717) is 16.6 Å². The number of benzene rings is 2. The fourth-order valence-corrected chi connectivity index (χ4v) is 5.39. The van der Waals surface area contributed by atoms with Gasteiger partial charge in [0, 0.05) is 16.5 Å². The van der Waals surface area contributed by atoms with Crippen molar-refractivity contribution in [3.8, 4) is 17.0 Å². The third-order valence-corrected chi connectivity index (χ3v) is 6.83. The highest BCUT2D eigenvalue weighted by molar-refractivity contribution is 6.32. The van der Waals surface area contributed by atoms with Crippen molar-refractivity contribution < 1.29 is 4.74 Å². The van der Waals surface area contributed by atoms with Crippen LogP contribution in [0.3, 0.4) is 0 Å². The molecule has 0 bridgehead atoms. The molecule has 4 aromatic rings. The molecule has 2 aliphatic carbocycles. The predicted octanol–water partition coefficient (Wildman–Crippen LogP) is 5.39. The number of halogens is 1. The number of ether oxygens (including phenoxy) is 1. The number of rotatable bonds is 3. The van der Waals surface area contributed by atoms with Gasteiger partial charge in [0.1, 0.15) is 18.7 Å².